The fourth-order valence-electron chi connectivity index (χ4n) is 2.75. The molecule has 0 bridgehead atoms. The quantitative estimate of drug-likeness (QED) is 0.709. The van der Waals surface area contributed by atoms with Crippen molar-refractivity contribution in [2.45, 2.75) is 19.3 Å². The van der Waals surface area contributed by atoms with Crippen LogP contribution >= 0.6 is 0 Å². The maximum atomic E-state index is 5.92. The standard InChI is InChI=1S/C19H23NO2/c1-2-9-17(10-3-1)22-19-12-5-4-11-18(19)21-16-8-15-20-13-6-7-14-20/h1-5,9-12H,6-8,13-16H2. The van der Waals surface area contributed by atoms with Gasteiger partial charge in [0, 0.05) is 6.54 Å². The van der Waals surface area contributed by atoms with Gasteiger partial charge in [-0.2, -0.15) is 0 Å². The van der Waals surface area contributed by atoms with E-state index in [-0.39, 0.29) is 0 Å². The molecular formula is C19H23NO2. The zero-order valence-electron chi connectivity index (χ0n) is 12.9. The molecule has 3 heteroatoms. The Labute approximate surface area is 132 Å². The van der Waals surface area contributed by atoms with Crippen LogP contribution in [0.3, 0.4) is 0 Å². The molecule has 0 N–H and O–H groups in total. The molecule has 1 aliphatic rings. The van der Waals surface area contributed by atoms with Crippen molar-refractivity contribution >= 4 is 0 Å². The SMILES string of the molecule is c1ccc(Oc2ccccc2OCCCN2CCCC2)cc1. The van der Waals surface area contributed by atoms with Crippen molar-refractivity contribution in [3.63, 3.8) is 0 Å². The number of hydrogen-bond donors (Lipinski definition) is 0. The maximum Gasteiger partial charge on any atom is 0.169 e. The fourth-order valence-corrected chi connectivity index (χ4v) is 2.75. The molecule has 1 heterocycles. The van der Waals surface area contributed by atoms with Gasteiger partial charge in [0.05, 0.1) is 6.61 Å². The van der Waals surface area contributed by atoms with Crippen LogP contribution in [0, 0.1) is 0 Å². The van der Waals surface area contributed by atoms with E-state index in [9.17, 15) is 0 Å². The molecule has 0 aromatic heterocycles. The summed E-state index contributed by atoms with van der Waals surface area (Å²) in [7, 11) is 0. The molecule has 3 nitrogen and oxygen atoms in total. The van der Waals surface area contributed by atoms with Gasteiger partial charge in [0.15, 0.2) is 11.5 Å². The van der Waals surface area contributed by atoms with E-state index in [0.29, 0.717) is 0 Å². The van der Waals surface area contributed by atoms with Gasteiger partial charge in [0.25, 0.3) is 0 Å². The van der Waals surface area contributed by atoms with Crippen molar-refractivity contribution in [1.82, 2.24) is 4.90 Å². The lowest BCUT2D eigenvalue weighted by Gasteiger charge is -2.15. The largest absolute Gasteiger partial charge is 0.490 e. The molecule has 0 atom stereocenters. The van der Waals surface area contributed by atoms with E-state index in [1.807, 2.05) is 54.6 Å². The van der Waals surface area contributed by atoms with E-state index in [1.54, 1.807) is 0 Å². The van der Waals surface area contributed by atoms with E-state index in [2.05, 4.69) is 4.90 Å². The lowest BCUT2D eigenvalue weighted by molar-refractivity contribution is 0.257. The van der Waals surface area contributed by atoms with Gasteiger partial charge in [-0.15, -0.1) is 0 Å². The zero-order valence-corrected chi connectivity index (χ0v) is 12.9. The number of likely N-dealkylation sites (tertiary alicyclic amines) is 1. The van der Waals surface area contributed by atoms with Crippen LogP contribution < -0.4 is 9.47 Å². The minimum atomic E-state index is 0.728. The van der Waals surface area contributed by atoms with E-state index < -0.39 is 0 Å². The summed E-state index contributed by atoms with van der Waals surface area (Å²) in [6.07, 6.45) is 3.74. The summed E-state index contributed by atoms with van der Waals surface area (Å²) in [5.74, 6) is 2.42. The van der Waals surface area contributed by atoms with E-state index in [1.165, 1.54) is 25.9 Å². The smallest absolute Gasteiger partial charge is 0.169 e. The number of para-hydroxylation sites is 3. The Morgan fingerprint density at radius 1 is 0.818 bits per heavy atom. The van der Waals surface area contributed by atoms with Gasteiger partial charge in [-0.3, -0.25) is 0 Å². The zero-order chi connectivity index (χ0) is 15.0. The Morgan fingerprint density at radius 3 is 2.27 bits per heavy atom. The summed E-state index contributed by atoms with van der Waals surface area (Å²) < 4.78 is 11.8. The lowest BCUT2D eigenvalue weighted by Crippen LogP contribution is -2.21. The molecule has 0 aliphatic carbocycles. The number of nitrogens with zero attached hydrogens (tertiary/aromatic N) is 1. The number of hydrogen-bond acceptors (Lipinski definition) is 3. The molecular weight excluding hydrogens is 274 g/mol. The Bertz CT molecular complexity index is 565. The van der Waals surface area contributed by atoms with E-state index >= 15 is 0 Å². The lowest BCUT2D eigenvalue weighted by atomic mass is 10.3. The first-order valence-electron chi connectivity index (χ1n) is 8.09. The van der Waals surface area contributed by atoms with Crippen LogP contribution in [0.5, 0.6) is 17.2 Å². The molecule has 1 saturated heterocycles. The summed E-state index contributed by atoms with van der Waals surface area (Å²) in [6.45, 7) is 4.34. The molecule has 0 radical (unpaired) electrons. The van der Waals surface area contributed by atoms with Crippen molar-refractivity contribution in [3.05, 3.63) is 54.6 Å². The van der Waals surface area contributed by atoms with Crippen molar-refractivity contribution in [2.75, 3.05) is 26.2 Å². The Morgan fingerprint density at radius 2 is 1.50 bits per heavy atom. The van der Waals surface area contributed by atoms with Gasteiger partial charge >= 0.3 is 0 Å². The average molecular weight is 297 g/mol. The van der Waals surface area contributed by atoms with Crippen molar-refractivity contribution < 1.29 is 9.47 Å². The topological polar surface area (TPSA) is 21.7 Å². The highest BCUT2D eigenvalue weighted by Gasteiger charge is 2.11. The van der Waals surface area contributed by atoms with Crippen molar-refractivity contribution in [3.8, 4) is 17.2 Å². The molecule has 0 unspecified atom stereocenters. The first kappa shape index (κ1) is 14.9. The second-order valence-corrected chi connectivity index (χ2v) is 5.61. The van der Waals surface area contributed by atoms with E-state index in [0.717, 1.165) is 36.8 Å². The minimum absolute atomic E-state index is 0.728. The first-order valence-corrected chi connectivity index (χ1v) is 8.09. The predicted octanol–water partition coefficient (Wildman–Crippen LogP) is 4.34. The number of rotatable bonds is 7. The van der Waals surface area contributed by atoms with Crippen LogP contribution in [-0.4, -0.2) is 31.1 Å². The molecule has 3 rings (SSSR count). The van der Waals surface area contributed by atoms with Crippen LogP contribution in [-0.2, 0) is 0 Å². The third-order valence-electron chi connectivity index (χ3n) is 3.90. The highest BCUT2D eigenvalue weighted by Crippen LogP contribution is 2.31. The molecule has 2 aromatic rings. The van der Waals surface area contributed by atoms with Gasteiger partial charge < -0.3 is 14.4 Å². The number of benzene rings is 2. The number of ether oxygens (including phenoxy) is 2. The Hall–Kier alpha value is -2.00. The van der Waals surface area contributed by atoms with Crippen LogP contribution in [0.15, 0.2) is 54.6 Å². The van der Waals surface area contributed by atoms with Gasteiger partial charge in [0.1, 0.15) is 5.75 Å². The van der Waals surface area contributed by atoms with Gasteiger partial charge in [-0.25, -0.2) is 0 Å². The van der Waals surface area contributed by atoms with E-state index in [4.69, 9.17) is 9.47 Å². The van der Waals surface area contributed by atoms with Crippen LogP contribution in [0.2, 0.25) is 0 Å². The molecule has 0 amide bonds. The van der Waals surface area contributed by atoms with Gasteiger partial charge in [-0.1, -0.05) is 30.3 Å². The highest BCUT2D eigenvalue weighted by atomic mass is 16.5. The molecule has 22 heavy (non-hydrogen) atoms. The van der Waals surface area contributed by atoms with Gasteiger partial charge in [-0.05, 0) is 56.6 Å². The third kappa shape index (κ3) is 4.25. The molecule has 2 aromatic carbocycles. The Balaban J connectivity index is 1.52. The normalized spacial score (nSPS) is 14.9. The van der Waals surface area contributed by atoms with Crippen LogP contribution in [0.25, 0.3) is 0 Å². The second-order valence-electron chi connectivity index (χ2n) is 5.61. The summed E-state index contributed by atoms with van der Waals surface area (Å²) in [6, 6.07) is 17.7. The monoisotopic (exact) mass is 297 g/mol. The molecule has 1 aliphatic heterocycles. The van der Waals surface area contributed by atoms with Crippen molar-refractivity contribution in [1.29, 1.82) is 0 Å². The van der Waals surface area contributed by atoms with Crippen LogP contribution in [0.4, 0.5) is 0 Å². The summed E-state index contributed by atoms with van der Waals surface area (Å²) >= 11 is 0. The highest BCUT2D eigenvalue weighted by molar-refractivity contribution is 5.42. The third-order valence-corrected chi connectivity index (χ3v) is 3.90. The summed E-state index contributed by atoms with van der Waals surface area (Å²) in [5.41, 5.74) is 0. The second kappa shape index (κ2) is 7.85. The average Bonchev–Trinajstić information content (AvgIpc) is 3.07. The molecule has 116 valence electrons. The molecule has 1 fully saturated rings. The fraction of sp³-hybridized carbons (Fsp3) is 0.368. The summed E-state index contributed by atoms with van der Waals surface area (Å²) in [5, 5.41) is 0. The first-order chi connectivity index (χ1) is 10.9. The summed E-state index contributed by atoms with van der Waals surface area (Å²) in [4.78, 5) is 2.51. The van der Waals surface area contributed by atoms with Gasteiger partial charge in [0.2, 0.25) is 0 Å². The minimum Gasteiger partial charge on any atom is -0.490 e. The molecule has 0 saturated carbocycles. The predicted molar refractivity (Wildman–Crippen MR) is 88.7 cm³/mol. The molecule has 0 spiro atoms. The van der Waals surface area contributed by atoms with Crippen LogP contribution in [0.1, 0.15) is 19.3 Å². The Kier molecular flexibility index (Phi) is 5.32. The van der Waals surface area contributed by atoms with Crippen molar-refractivity contribution in [2.24, 2.45) is 0 Å². The maximum absolute atomic E-state index is 5.92.